The number of anilines is 1. The third kappa shape index (κ3) is 4.49. The molecule has 6 heterocycles. The summed E-state index contributed by atoms with van der Waals surface area (Å²) in [4.78, 5) is 20.8. The number of pyridine rings is 2. The Morgan fingerprint density at radius 3 is 2.78 bits per heavy atom. The highest BCUT2D eigenvalue weighted by Gasteiger charge is 2.49. The molecule has 2 bridgehead atoms. The standard InChI is InChI=1S/C26H29N7O4/c1-35-22-5-3-18-23(31-22)17(19(12-27)33-32-18)6-7-26-10-8-25(9-11-26,15-37-26)28-13-16-2-4-20-24(29-16)30-21(34)14-36-20/h2-5,12,27-28H,6-11,13-15H2,1H3,(H,29,30,34). The van der Waals surface area contributed by atoms with Crippen LogP contribution in [-0.4, -0.2) is 63.8 Å². The number of hydrogen-bond donors (Lipinski definition) is 3. The highest BCUT2D eigenvalue weighted by atomic mass is 16.5. The first-order valence-corrected chi connectivity index (χ1v) is 12.5. The van der Waals surface area contributed by atoms with Gasteiger partial charge in [-0.3, -0.25) is 4.79 Å². The van der Waals surface area contributed by atoms with Crippen LogP contribution >= 0.6 is 0 Å². The fourth-order valence-corrected chi connectivity index (χ4v) is 5.55. The molecule has 0 aromatic carbocycles. The summed E-state index contributed by atoms with van der Waals surface area (Å²) in [5.41, 5.74) is 3.43. The van der Waals surface area contributed by atoms with E-state index < -0.39 is 0 Å². The minimum atomic E-state index is -0.192. The van der Waals surface area contributed by atoms with Gasteiger partial charge in [0.2, 0.25) is 5.88 Å². The predicted octanol–water partition coefficient (Wildman–Crippen LogP) is 2.56. The molecule has 4 aliphatic rings. The minimum Gasteiger partial charge on any atom is -0.481 e. The molecule has 3 aromatic heterocycles. The zero-order valence-electron chi connectivity index (χ0n) is 20.7. The molecule has 11 heteroatoms. The molecule has 3 aromatic rings. The quantitative estimate of drug-likeness (QED) is 0.395. The number of aromatic nitrogens is 4. The third-order valence-electron chi connectivity index (χ3n) is 7.84. The van der Waals surface area contributed by atoms with Crippen molar-refractivity contribution in [2.24, 2.45) is 0 Å². The van der Waals surface area contributed by atoms with Gasteiger partial charge in [-0.15, -0.1) is 10.2 Å². The maximum absolute atomic E-state index is 11.6. The maximum atomic E-state index is 11.6. The molecule has 0 atom stereocenters. The molecule has 1 aliphatic carbocycles. The first-order chi connectivity index (χ1) is 18.0. The molecule has 0 unspecified atom stereocenters. The zero-order valence-corrected chi connectivity index (χ0v) is 20.7. The van der Waals surface area contributed by atoms with Crippen molar-refractivity contribution in [3.05, 3.63) is 41.2 Å². The average molecular weight is 504 g/mol. The Morgan fingerprint density at radius 2 is 2.03 bits per heavy atom. The second-order valence-electron chi connectivity index (χ2n) is 10.0. The Labute approximate surface area is 213 Å². The van der Waals surface area contributed by atoms with Gasteiger partial charge in [0.15, 0.2) is 18.2 Å². The Hall–Kier alpha value is -3.70. The van der Waals surface area contributed by atoms with Gasteiger partial charge in [0.05, 0.1) is 25.0 Å². The Kier molecular flexibility index (Phi) is 5.96. The van der Waals surface area contributed by atoms with Crippen molar-refractivity contribution in [2.75, 3.05) is 25.6 Å². The number of rotatable bonds is 8. The fraction of sp³-hybridized carbons (Fsp3) is 0.462. The largest absolute Gasteiger partial charge is 0.481 e. The van der Waals surface area contributed by atoms with E-state index in [1.54, 1.807) is 13.2 Å². The summed E-state index contributed by atoms with van der Waals surface area (Å²) < 4.78 is 17.2. The summed E-state index contributed by atoms with van der Waals surface area (Å²) in [5.74, 6) is 1.40. The molecule has 192 valence electrons. The van der Waals surface area contributed by atoms with E-state index in [0.717, 1.165) is 48.9 Å². The molecule has 7 rings (SSSR count). The van der Waals surface area contributed by atoms with Crippen molar-refractivity contribution in [1.29, 1.82) is 5.41 Å². The van der Waals surface area contributed by atoms with E-state index in [1.165, 1.54) is 6.21 Å². The van der Waals surface area contributed by atoms with E-state index >= 15 is 0 Å². The van der Waals surface area contributed by atoms with Gasteiger partial charge in [0.25, 0.3) is 5.91 Å². The minimum absolute atomic E-state index is 0.0236. The van der Waals surface area contributed by atoms with Crippen LogP contribution < -0.4 is 20.1 Å². The van der Waals surface area contributed by atoms with Crippen molar-refractivity contribution < 1.29 is 19.0 Å². The predicted molar refractivity (Wildman–Crippen MR) is 135 cm³/mol. The number of aryl methyl sites for hydroxylation is 1. The number of fused-ring (bicyclic) bond motifs is 5. The van der Waals surface area contributed by atoms with Crippen LogP contribution in [0.15, 0.2) is 24.3 Å². The number of nitrogens with one attached hydrogen (secondary N) is 3. The Bertz CT molecular complexity index is 1350. The molecule has 2 saturated heterocycles. The number of carbonyl (C=O) groups is 1. The Morgan fingerprint density at radius 1 is 1.16 bits per heavy atom. The van der Waals surface area contributed by atoms with Crippen LogP contribution in [0.25, 0.3) is 11.0 Å². The molecule has 0 spiro atoms. The lowest BCUT2D eigenvalue weighted by Gasteiger charge is -2.53. The van der Waals surface area contributed by atoms with Gasteiger partial charge in [0, 0.05) is 29.9 Å². The SMILES string of the molecule is COc1ccc2nnc(C=N)c(CCC34CCC(NCc5ccc6c(n5)NC(=O)CO6)(CC3)CO4)c2n1. The van der Waals surface area contributed by atoms with Gasteiger partial charge in [-0.2, -0.15) is 0 Å². The van der Waals surface area contributed by atoms with Crippen LogP contribution in [0.4, 0.5) is 5.82 Å². The second-order valence-corrected chi connectivity index (χ2v) is 10.0. The topological polar surface area (TPSA) is 144 Å². The molecule has 11 nitrogen and oxygen atoms in total. The van der Waals surface area contributed by atoms with E-state index in [0.29, 0.717) is 48.2 Å². The smallest absolute Gasteiger partial charge is 0.263 e. The van der Waals surface area contributed by atoms with E-state index in [9.17, 15) is 4.79 Å². The third-order valence-corrected chi connectivity index (χ3v) is 7.84. The van der Waals surface area contributed by atoms with E-state index in [1.807, 2.05) is 18.2 Å². The molecular formula is C26H29N7O4. The number of hydrogen-bond acceptors (Lipinski definition) is 10. The van der Waals surface area contributed by atoms with E-state index in [2.05, 4.69) is 30.8 Å². The van der Waals surface area contributed by atoms with Crippen molar-refractivity contribution >= 4 is 29.0 Å². The van der Waals surface area contributed by atoms with Crippen LogP contribution in [0.2, 0.25) is 0 Å². The molecule has 1 saturated carbocycles. The molecule has 3 aliphatic heterocycles. The first-order valence-electron chi connectivity index (χ1n) is 12.5. The molecule has 1 amide bonds. The Balaban J connectivity index is 1.11. The van der Waals surface area contributed by atoms with Crippen LogP contribution in [0, 0.1) is 5.41 Å². The highest BCUT2D eigenvalue weighted by molar-refractivity contribution is 5.94. The molecule has 37 heavy (non-hydrogen) atoms. The number of methoxy groups -OCH3 is 1. The van der Waals surface area contributed by atoms with Crippen LogP contribution in [-0.2, 0) is 22.5 Å². The van der Waals surface area contributed by atoms with Crippen molar-refractivity contribution in [2.45, 2.75) is 56.2 Å². The number of carbonyl (C=O) groups excluding carboxylic acids is 1. The lowest BCUT2D eigenvalue weighted by Crippen LogP contribution is -2.61. The summed E-state index contributed by atoms with van der Waals surface area (Å²) in [6.07, 6.45) is 6.70. The molecule has 3 N–H and O–H groups in total. The molecule has 0 radical (unpaired) electrons. The van der Waals surface area contributed by atoms with Crippen molar-refractivity contribution in [1.82, 2.24) is 25.5 Å². The van der Waals surface area contributed by atoms with E-state index in [-0.39, 0.29) is 23.7 Å². The van der Waals surface area contributed by atoms with Gasteiger partial charge < -0.3 is 30.3 Å². The maximum Gasteiger partial charge on any atom is 0.263 e. The zero-order chi connectivity index (χ0) is 25.5. The number of nitrogens with zero attached hydrogens (tertiary/aromatic N) is 4. The van der Waals surface area contributed by atoms with Crippen molar-refractivity contribution in [3.8, 4) is 11.6 Å². The molecular weight excluding hydrogens is 474 g/mol. The average Bonchev–Trinajstić information content (AvgIpc) is 2.95. The summed E-state index contributed by atoms with van der Waals surface area (Å²) in [5, 5.41) is 22.7. The van der Waals surface area contributed by atoms with Gasteiger partial charge in [-0.05, 0) is 56.7 Å². The fourth-order valence-electron chi connectivity index (χ4n) is 5.55. The van der Waals surface area contributed by atoms with Crippen LogP contribution in [0.1, 0.15) is 49.1 Å². The first kappa shape index (κ1) is 23.7. The summed E-state index contributed by atoms with van der Waals surface area (Å²) in [6.45, 7) is 1.25. The summed E-state index contributed by atoms with van der Waals surface area (Å²) in [6, 6.07) is 7.39. The summed E-state index contributed by atoms with van der Waals surface area (Å²) in [7, 11) is 1.59. The van der Waals surface area contributed by atoms with Gasteiger partial charge in [0.1, 0.15) is 16.7 Å². The van der Waals surface area contributed by atoms with Gasteiger partial charge >= 0.3 is 0 Å². The lowest BCUT2D eigenvalue weighted by atomic mass is 9.69. The summed E-state index contributed by atoms with van der Waals surface area (Å²) >= 11 is 0. The van der Waals surface area contributed by atoms with Crippen molar-refractivity contribution in [3.63, 3.8) is 0 Å². The van der Waals surface area contributed by atoms with E-state index in [4.69, 9.17) is 19.6 Å². The monoisotopic (exact) mass is 503 g/mol. The normalized spacial score (nSPS) is 24.3. The second kappa shape index (κ2) is 9.31. The van der Waals surface area contributed by atoms with Crippen LogP contribution in [0.3, 0.4) is 0 Å². The highest BCUT2D eigenvalue weighted by Crippen LogP contribution is 2.46. The molecule has 3 fully saturated rings. The van der Waals surface area contributed by atoms with Gasteiger partial charge in [-0.25, -0.2) is 9.97 Å². The number of ether oxygens (including phenoxy) is 3. The lowest BCUT2D eigenvalue weighted by molar-refractivity contribution is -0.165. The van der Waals surface area contributed by atoms with Gasteiger partial charge in [-0.1, -0.05) is 0 Å². The van der Waals surface area contributed by atoms with Crippen LogP contribution in [0.5, 0.6) is 11.6 Å². The number of amides is 1.